The molecule has 0 N–H and O–H groups in total. The molecule has 140 valence electrons. The molecule has 1 aliphatic heterocycles. The Hall–Kier alpha value is -1.86. The third-order valence-corrected chi connectivity index (χ3v) is 5.47. The van der Waals surface area contributed by atoms with Gasteiger partial charge < -0.3 is 14.2 Å². The summed E-state index contributed by atoms with van der Waals surface area (Å²) in [5.74, 6) is 1.35. The molecule has 7 heteroatoms. The minimum atomic E-state index is 0.0830. The highest BCUT2D eigenvalue weighted by atomic mass is 32.2. The highest BCUT2D eigenvalue weighted by Crippen LogP contribution is 2.26. The monoisotopic (exact) mass is 374 g/mol. The van der Waals surface area contributed by atoms with E-state index in [2.05, 4.69) is 40.7 Å². The maximum Gasteiger partial charge on any atom is 0.233 e. The number of amides is 1. The molecule has 26 heavy (non-hydrogen) atoms. The Bertz CT molecular complexity index is 767. The molecule has 0 aliphatic carbocycles. The van der Waals surface area contributed by atoms with Gasteiger partial charge in [0.05, 0.1) is 18.0 Å². The fraction of sp³-hybridized carbons (Fsp3) is 0.526. The first-order chi connectivity index (χ1) is 12.5. The number of ether oxygens (including phenoxy) is 1. The van der Waals surface area contributed by atoms with Crippen molar-refractivity contribution in [2.45, 2.75) is 51.6 Å². The lowest BCUT2D eigenvalue weighted by Crippen LogP contribution is -2.48. The van der Waals surface area contributed by atoms with E-state index in [1.54, 1.807) is 0 Å². The van der Waals surface area contributed by atoms with Crippen LogP contribution in [0.1, 0.15) is 26.3 Å². The summed E-state index contributed by atoms with van der Waals surface area (Å²) in [6, 6.07) is 8.15. The number of carbonyl (C=O) groups is 1. The summed E-state index contributed by atoms with van der Waals surface area (Å²) in [5.41, 5.74) is 2.24. The van der Waals surface area contributed by atoms with Crippen LogP contribution in [0.5, 0.6) is 0 Å². The zero-order valence-corrected chi connectivity index (χ0v) is 16.6. The molecule has 0 bridgehead atoms. The minimum Gasteiger partial charge on any atom is -0.372 e. The predicted molar refractivity (Wildman–Crippen MR) is 103 cm³/mol. The Morgan fingerprint density at radius 3 is 2.58 bits per heavy atom. The molecule has 2 aromatic rings. The second-order valence-corrected chi connectivity index (χ2v) is 7.65. The number of aryl methyl sites for hydroxylation is 1. The molecule has 2 atom stereocenters. The molecule has 0 unspecified atom stereocenters. The Labute approximate surface area is 158 Å². The third kappa shape index (κ3) is 4.10. The van der Waals surface area contributed by atoms with E-state index < -0.39 is 0 Å². The van der Waals surface area contributed by atoms with Gasteiger partial charge >= 0.3 is 0 Å². The van der Waals surface area contributed by atoms with E-state index in [0.717, 1.165) is 23.1 Å². The van der Waals surface area contributed by atoms with Gasteiger partial charge in [-0.15, -0.1) is 10.2 Å². The van der Waals surface area contributed by atoms with Gasteiger partial charge in [0.1, 0.15) is 0 Å². The van der Waals surface area contributed by atoms with Crippen LogP contribution in [-0.2, 0) is 16.1 Å². The van der Waals surface area contributed by atoms with Gasteiger partial charge in [-0.3, -0.25) is 4.79 Å². The van der Waals surface area contributed by atoms with E-state index in [1.165, 1.54) is 17.3 Å². The topological polar surface area (TPSA) is 60.2 Å². The van der Waals surface area contributed by atoms with Gasteiger partial charge in [0.15, 0.2) is 11.0 Å². The lowest BCUT2D eigenvalue weighted by atomic mass is 10.1. The molecule has 0 spiro atoms. The molecule has 6 nitrogen and oxygen atoms in total. The quantitative estimate of drug-likeness (QED) is 0.753. The number of hydrogen-bond acceptors (Lipinski definition) is 5. The normalized spacial score (nSPS) is 20.4. The molecule has 0 radical (unpaired) electrons. The van der Waals surface area contributed by atoms with Crippen molar-refractivity contribution in [3.63, 3.8) is 0 Å². The van der Waals surface area contributed by atoms with Gasteiger partial charge in [-0.05, 0) is 33.3 Å². The van der Waals surface area contributed by atoms with Crippen LogP contribution in [0.4, 0.5) is 0 Å². The Morgan fingerprint density at radius 2 is 1.92 bits per heavy atom. The molecule has 2 heterocycles. The van der Waals surface area contributed by atoms with Crippen molar-refractivity contribution < 1.29 is 9.53 Å². The minimum absolute atomic E-state index is 0.0830. The van der Waals surface area contributed by atoms with E-state index in [4.69, 9.17) is 4.74 Å². The summed E-state index contributed by atoms with van der Waals surface area (Å²) in [7, 11) is 0. The smallest absolute Gasteiger partial charge is 0.233 e. The third-order valence-electron chi connectivity index (χ3n) is 4.52. The van der Waals surface area contributed by atoms with E-state index in [9.17, 15) is 4.79 Å². The fourth-order valence-corrected chi connectivity index (χ4v) is 4.21. The first kappa shape index (κ1) is 18.9. The van der Waals surface area contributed by atoms with Crippen LogP contribution in [-0.4, -0.2) is 56.6 Å². The van der Waals surface area contributed by atoms with Crippen molar-refractivity contribution in [2.75, 3.05) is 18.8 Å². The van der Waals surface area contributed by atoms with E-state index in [-0.39, 0.29) is 18.1 Å². The summed E-state index contributed by atoms with van der Waals surface area (Å²) in [6.07, 6.45) is 0.166. The van der Waals surface area contributed by atoms with Crippen LogP contribution >= 0.6 is 11.8 Å². The zero-order chi connectivity index (χ0) is 18.7. The fourth-order valence-electron chi connectivity index (χ4n) is 3.30. The lowest BCUT2D eigenvalue weighted by molar-refractivity contribution is -0.140. The predicted octanol–water partition coefficient (Wildman–Crippen LogP) is 3.00. The average Bonchev–Trinajstić information content (AvgIpc) is 3.01. The highest BCUT2D eigenvalue weighted by Gasteiger charge is 2.26. The summed E-state index contributed by atoms with van der Waals surface area (Å²) in [5, 5.41) is 9.50. The van der Waals surface area contributed by atoms with Crippen molar-refractivity contribution in [2.24, 2.45) is 0 Å². The number of aromatic nitrogens is 3. The van der Waals surface area contributed by atoms with Crippen LogP contribution in [0.15, 0.2) is 29.4 Å². The van der Waals surface area contributed by atoms with Gasteiger partial charge in [-0.25, -0.2) is 0 Å². The maximum atomic E-state index is 12.6. The van der Waals surface area contributed by atoms with Crippen molar-refractivity contribution in [1.82, 2.24) is 19.7 Å². The molecule has 1 aromatic carbocycles. The molecular formula is C19H26N4O2S. The number of hydrogen-bond donors (Lipinski definition) is 0. The van der Waals surface area contributed by atoms with Gasteiger partial charge in [0.2, 0.25) is 5.91 Å². The van der Waals surface area contributed by atoms with Crippen LogP contribution < -0.4 is 0 Å². The molecule has 1 aromatic heterocycles. The number of carbonyl (C=O) groups excluding carboxylic acids is 1. The second kappa shape index (κ2) is 8.22. The Balaban J connectivity index is 1.71. The maximum absolute atomic E-state index is 12.6. The van der Waals surface area contributed by atoms with E-state index in [1.807, 2.05) is 30.9 Å². The number of thioether (sulfide) groups is 1. The SMILES string of the molecule is CCn1c(SCC(=O)N2C[C@@H](C)O[C@@H](C)C2)nnc1-c1ccccc1C. The molecule has 0 saturated carbocycles. The number of nitrogens with zero attached hydrogens (tertiary/aromatic N) is 4. The van der Waals surface area contributed by atoms with Crippen LogP contribution in [0.25, 0.3) is 11.4 Å². The molecular weight excluding hydrogens is 348 g/mol. The van der Waals surface area contributed by atoms with Crippen molar-refractivity contribution in [3.05, 3.63) is 29.8 Å². The van der Waals surface area contributed by atoms with Crippen LogP contribution in [0.3, 0.4) is 0 Å². The standard InChI is InChI=1S/C19H26N4O2S/c1-5-23-18(16-9-7-6-8-13(16)2)20-21-19(23)26-12-17(24)22-10-14(3)25-15(4)11-22/h6-9,14-15H,5,10-12H2,1-4H3/t14-,15+. The number of benzene rings is 1. The van der Waals surface area contributed by atoms with Crippen molar-refractivity contribution in [3.8, 4) is 11.4 Å². The highest BCUT2D eigenvalue weighted by molar-refractivity contribution is 7.99. The zero-order valence-electron chi connectivity index (χ0n) is 15.8. The van der Waals surface area contributed by atoms with Gasteiger partial charge in [0.25, 0.3) is 0 Å². The first-order valence-corrected chi connectivity index (χ1v) is 10.0. The number of morpholine rings is 1. The summed E-state index contributed by atoms with van der Waals surface area (Å²) < 4.78 is 7.78. The molecule has 1 aliphatic rings. The van der Waals surface area contributed by atoms with E-state index >= 15 is 0 Å². The van der Waals surface area contributed by atoms with Crippen LogP contribution in [0.2, 0.25) is 0 Å². The molecule has 1 fully saturated rings. The second-order valence-electron chi connectivity index (χ2n) is 6.71. The van der Waals surface area contributed by atoms with E-state index in [0.29, 0.717) is 18.8 Å². The molecule has 3 rings (SSSR count). The largest absolute Gasteiger partial charge is 0.372 e. The van der Waals surface area contributed by atoms with Gasteiger partial charge in [0, 0.05) is 25.2 Å². The van der Waals surface area contributed by atoms with Crippen molar-refractivity contribution >= 4 is 17.7 Å². The Morgan fingerprint density at radius 1 is 1.23 bits per heavy atom. The van der Waals surface area contributed by atoms with Crippen molar-refractivity contribution in [1.29, 1.82) is 0 Å². The van der Waals surface area contributed by atoms with Gasteiger partial charge in [-0.2, -0.15) is 0 Å². The molecule has 1 saturated heterocycles. The number of rotatable bonds is 5. The summed E-state index contributed by atoms with van der Waals surface area (Å²) >= 11 is 1.45. The first-order valence-electron chi connectivity index (χ1n) is 9.04. The average molecular weight is 375 g/mol. The summed E-state index contributed by atoms with van der Waals surface area (Å²) in [6.45, 7) is 10.2. The Kier molecular flexibility index (Phi) is 5.98. The summed E-state index contributed by atoms with van der Waals surface area (Å²) in [4.78, 5) is 14.5. The van der Waals surface area contributed by atoms with Gasteiger partial charge in [-0.1, -0.05) is 36.0 Å². The lowest BCUT2D eigenvalue weighted by Gasteiger charge is -2.35. The van der Waals surface area contributed by atoms with Crippen LogP contribution in [0, 0.1) is 6.92 Å². The molecule has 1 amide bonds.